The molecular formula is C14H14F3N3O3. The fourth-order valence-corrected chi connectivity index (χ4v) is 2.07. The molecule has 6 nitrogen and oxygen atoms in total. The standard InChI is InChI=1S/C14H14F3N3O3/c1-2-19(7-12(22)14(15,16)17)13(23)10-6-18-20-4-3-9(8-21)5-11(10)20/h3-6,8,12,22H,2,7H2,1H3. The summed E-state index contributed by atoms with van der Waals surface area (Å²) in [5.41, 5.74) is 0.676. The molecule has 0 aliphatic carbocycles. The number of alkyl halides is 3. The maximum Gasteiger partial charge on any atom is 0.416 e. The average Bonchev–Trinajstić information content (AvgIpc) is 2.93. The molecule has 1 unspecified atom stereocenters. The summed E-state index contributed by atoms with van der Waals surface area (Å²) in [6.45, 7) is 0.615. The van der Waals surface area contributed by atoms with Gasteiger partial charge in [0, 0.05) is 18.3 Å². The van der Waals surface area contributed by atoms with Gasteiger partial charge in [-0.2, -0.15) is 18.3 Å². The minimum absolute atomic E-state index is 0.0172. The van der Waals surface area contributed by atoms with Crippen molar-refractivity contribution in [1.29, 1.82) is 0 Å². The molecule has 0 aliphatic rings. The number of carbonyl (C=O) groups excluding carboxylic acids is 2. The lowest BCUT2D eigenvalue weighted by atomic mass is 10.2. The zero-order valence-electron chi connectivity index (χ0n) is 12.1. The van der Waals surface area contributed by atoms with Gasteiger partial charge in [-0.15, -0.1) is 0 Å². The maximum absolute atomic E-state index is 12.5. The Balaban J connectivity index is 2.32. The van der Waals surface area contributed by atoms with Crippen LogP contribution in [0.15, 0.2) is 24.5 Å². The Labute approximate surface area is 129 Å². The van der Waals surface area contributed by atoms with Crippen LogP contribution in [0.3, 0.4) is 0 Å². The Morgan fingerprint density at radius 1 is 1.52 bits per heavy atom. The van der Waals surface area contributed by atoms with Crippen LogP contribution >= 0.6 is 0 Å². The van der Waals surface area contributed by atoms with E-state index >= 15 is 0 Å². The van der Waals surface area contributed by atoms with Crippen LogP contribution < -0.4 is 0 Å². The SMILES string of the molecule is CCN(CC(O)C(F)(F)F)C(=O)c1cnn2ccc(C=O)cc12. The Kier molecular flexibility index (Phi) is 4.69. The van der Waals surface area contributed by atoms with Gasteiger partial charge >= 0.3 is 6.18 Å². The number of carbonyl (C=O) groups is 2. The molecule has 1 N–H and O–H groups in total. The van der Waals surface area contributed by atoms with E-state index in [4.69, 9.17) is 5.11 Å². The smallest absolute Gasteiger partial charge is 0.382 e. The summed E-state index contributed by atoms with van der Waals surface area (Å²) < 4.78 is 38.7. The van der Waals surface area contributed by atoms with Crippen molar-refractivity contribution < 1.29 is 27.9 Å². The Morgan fingerprint density at radius 3 is 2.78 bits per heavy atom. The highest BCUT2D eigenvalue weighted by Crippen LogP contribution is 2.22. The Morgan fingerprint density at radius 2 is 2.22 bits per heavy atom. The highest BCUT2D eigenvalue weighted by atomic mass is 19.4. The number of rotatable bonds is 5. The molecule has 0 saturated heterocycles. The van der Waals surface area contributed by atoms with Crippen molar-refractivity contribution in [3.8, 4) is 0 Å². The average molecular weight is 329 g/mol. The number of halogens is 3. The molecule has 2 heterocycles. The van der Waals surface area contributed by atoms with Crippen LogP contribution in [-0.4, -0.2) is 57.2 Å². The zero-order valence-corrected chi connectivity index (χ0v) is 12.1. The number of hydrogen-bond donors (Lipinski definition) is 1. The van der Waals surface area contributed by atoms with Gasteiger partial charge in [-0.3, -0.25) is 9.59 Å². The molecule has 124 valence electrons. The van der Waals surface area contributed by atoms with Crippen molar-refractivity contribution >= 4 is 17.7 Å². The van der Waals surface area contributed by atoms with E-state index in [0.717, 1.165) is 4.90 Å². The van der Waals surface area contributed by atoms with Gasteiger partial charge in [0.05, 0.1) is 23.8 Å². The lowest BCUT2D eigenvalue weighted by Crippen LogP contribution is -2.43. The van der Waals surface area contributed by atoms with Gasteiger partial charge in [-0.25, -0.2) is 4.52 Å². The number of amides is 1. The van der Waals surface area contributed by atoms with Crippen molar-refractivity contribution in [2.45, 2.75) is 19.2 Å². The predicted octanol–water partition coefficient (Wildman–Crippen LogP) is 1.53. The van der Waals surface area contributed by atoms with Crippen LogP contribution in [0.4, 0.5) is 13.2 Å². The van der Waals surface area contributed by atoms with E-state index in [1.54, 1.807) is 0 Å². The lowest BCUT2D eigenvalue weighted by Gasteiger charge is -2.24. The number of aliphatic hydroxyl groups is 1. The largest absolute Gasteiger partial charge is 0.416 e. The third-order valence-electron chi connectivity index (χ3n) is 3.35. The van der Waals surface area contributed by atoms with E-state index in [1.807, 2.05) is 0 Å². The van der Waals surface area contributed by atoms with E-state index in [2.05, 4.69) is 5.10 Å². The second-order valence-electron chi connectivity index (χ2n) is 4.87. The molecule has 0 aliphatic heterocycles. The molecule has 2 aromatic heterocycles. The minimum Gasteiger partial charge on any atom is -0.382 e. The molecule has 9 heteroatoms. The molecule has 0 aromatic carbocycles. The number of aldehydes is 1. The van der Waals surface area contributed by atoms with E-state index < -0.39 is 24.7 Å². The summed E-state index contributed by atoms with van der Waals surface area (Å²) >= 11 is 0. The summed E-state index contributed by atoms with van der Waals surface area (Å²) in [4.78, 5) is 24.1. The van der Waals surface area contributed by atoms with Gasteiger partial charge in [0.25, 0.3) is 5.91 Å². The molecule has 0 radical (unpaired) electrons. The first kappa shape index (κ1) is 16.9. The summed E-state index contributed by atoms with van der Waals surface area (Å²) in [5.74, 6) is -0.700. The molecular weight excluding hydrogens is 315 g/mol. The fourth-order valence-electron chi connectivity index (χ4n) is 2.07. The summed E-state index contributed by atoms with van der Waals surface area (Å²) in [5, 5.41) is 13.1. The minimum atomic E-state index is -4.81. The number of aliphatic hydroxyl groups excluding tert-OH is 1. The molecule has 0 bridgehead atoms. The number of hydrogen-bond acceptors (Lipinski definition) is 4. The Hall–Kier alpha value is -2.42. The lowest BCUT2D eigenvalue weighted by molar-refractivity contribution is -0.206. The van der Waals surface area contributed by atoms with Gasteiger partial charge in [-0.1, -0.05) is 0 Å². The zero-order chi connectivity index (χ0) is 17.2. The first-order valence-corrected chi connectivity index (χ1v) is 6.74. The van der Waals surface area contributed by atoms with E-state index in [1.165, 1.54) is 36.0 Å². The first-order valence-electron chi connectivity index (χ1n) is 6.74. The van der Waals surface area contributed by atoms with E-state index in [0.29, 0.717) is 17.4 Å². The quantitative estimate of drug-likeness (QED) is 0.844. The molecule has 2 aromatic rings. The van der Waals surface area contributed by atoms with Crippen LogP contribution in [0.2, 0.25) is 0 Å². The molecule has 2 rings (SSSR count). The fraction of sp³-hybridized carbons (Fsp3) is 0.357. The molecule has 0 saturated carbocycles. The van der Waals surface area contributed by atoms with E-state index in [9.17, 15) is 22.8 Å². The normalized spacial score (nSPS) is 13.1. The van der Waals surface area contributed by atoms with Crippen LogP contribution in [0.5, 0.6) is 0 Å². The topological polar surface area (TPSA) is 74.9 Å². The van der Waals surface area contributed by atoms with Crippen LogP contribution in [0, 0.1) is 0 Å². The first-order chi connectivity index (χ1) is 10.8. The van der Waals surface area contributed by atoms with Crippen LogP contribution in [-0.2, 0) is 0 Å². The number of nitrogens with zero attached hydrogens (tertiary/aromatic N) is 3. The van der Waals surface area contributed by atoms with Gasteiger partial charge in [0.1, 0.15) is 6.29 Å². The van der Waals surface area contributed by atoms with Crippen molar-refractivity contribution in [2.24, 2.45) is 0 Å². The van der Waals surface area contributed by atoms with Gasteiger partial charge < -0.3 is 10.0 Å². The molecule has 1 atom stereocenters. The monoisotopic (exact) mass is 329 g/mol. The Bertz CT molecular complexity index is 727. The van der Waals surface area contributed by atoms with Gasteiger partial charge in [0.15, 0.2) is 6.10 Å². The van der Waals surface area contributed by atoms with Crippen LogP contribution in [0.25, 0.3) is 5.52 Å². The summed E-state index contributed by atoms with van der Waals surface area (Å²) in [6.07, 6.45) is -4.16. The second-order valence-corrected chi connectivity index (χ2v) is 4.87. The number of aromatic nitrogens is 2. The van der Waals surface area contributed by atoms with Gasteiger partial charge in [-0.05, 0) is 19.1 Å². The van der Waals surface area contributed by atoms with E-state index in [-0.39, 0.29) is 12.1 Å². The van der Waals surface area contributed by atoms with Crippen molar-refractivity contribution in [1.82, 2.24) is 14.5 Å². The number of likely N-dealkylation sites (N-methyl/N-ethyl adjacent to an activating group) is 1. The maximum atomic E-state index is 12.5. The number of pyridine rings is 1. The third-order valence-corrected chi connectivity index (χ3v) is 3.35. The van der Waals surface area contributed by atoms with Crippen LogP contribution in [0.1, 0.15) is 27.6 Å². The number of fused-ring (bicyclic) bond motifs is 1. The van der Waals surface area contributed by atoms with Gasteiger partial charge in [0.2, 0.25) is 0 Å². The molecule has 0 spiro atoms. The summed E-state index contributed by atoms with van der Waals surface area (Å²) in [7, 11) is 0. The second kappa shape index (κ2) is 6.37. The third kappa shape index (κ3) is 3.50. The summed E-state index contributed by atoms with van der Waals surface area (Å²) in [6, 6.07) is 2.91. The molecule has 1 amide bonds. The highest BCUT2D eigenvalue weighted by Gasteiger charge is 2.40. The van der Waals surface area contributed by atoms with Crippen molar-refractivity contribution in [2.75, 3.05) is 13.1 Å². The predicted molar refractivity (Wildman–Crippen MR) is 74.2 cm³/mol. The highest BCUT2D eigenvalue weighted by molar-refractivity contribution is 6.01. The molecule has 0 fully saturated rings. The molecule has 23 heavy (non-hydrogen) atoms. The van der Waals surface area contributed by atoms with Crippen molar-refractivity contribution in [3.63, 3.8) is 0 Å². The van der Waals surface area contributed by atoms with Crippen molar-refractivity contribution in [3.05, 3.63) is 35.7 Å².